The van der Waals surface area contributed by atoms with Gasteiger partial charge in [0.15, 0.2) is 0 Å². The maximum Gasteiger partial charge on any atom is 0.254 e. The molecule has 2 unspecified atom stereocenters. The third-order valence-corrected chi connectivity index (χ3v) is 7.92. The first kappa shape index (κ1) is 30.7. The number of terminal acetylenes is 1. The standard InChI is InChI=1S/C28H28N4O2S.C7H8/c1-5-22-8-7-11-32(22)28(33)21-13-19(12-20(14-21)27-31-16-25(34-27)18(4)30)23-9-6-10-26(24(23)15-29)35-17(2)3;1-7-5-3-2-4-6-7/h1,6,9-10,12-14,16-18,22H,7-8,11,30H2,2-4H3;2-6H,1H3. The molecule has 5 rings (SSSR count). The van der Waals surface area contributed by atoms with Crippen LogP contribution in [0.25, 0.3) is 22.6 Å². The van der Waals surface area contributed by atoms with Gasteiger partial charge in [-0.15, -0.1) is 18.2 Å². The zero-order valence-corrected chi connectivity index (χ0v) is 25.3. The molecule has 4 aromatic rings. The van der Waals surface area contributed by atoms with Crippen LogP contribution in [0.1, 0.15) is 66.9 Å². The van der Waals surface area contributed by atoms with Gasteiger partial charge in [-0.2, -0.15) is 5.26 Å². The van der Waals surface area contributed by atoms with Gasteiger partial charge in [0.1, 0.15) is 11.8 Å². The topological polar surface area (TPSA) is 96.2 Å². The summed E-state index contributed by atoms with van der Waals surface area (Å²) in [6, 6.07) is 23.4. The number of aromatic nitrogens is 1. The van der Waals surface area contributed by atoms with Crippen molar-refractivity contribution in [2.24, 2.45) is 5.73 Å². The largest absolute Gasteiger partial charge is 0.440 e. The molecule has 2 N–H and O–H groups in total. The number of hydrogen-bond acceptors (Lipinski definition) is 6. The smallest absolute Gasteiger partial charge is 0.254 e. The average molecular weight is 577 g/mol. The Kier molecular flexibility index (Phi) is 10.3. The van der Waals surface area contributed by atoms with Gasteiger partial charge in [-0.3, -0.25) is 4.79 Å². The molecule has 1 fully saturated rings. The van der Waals surface area contributed by atoms with Crippen molar-refractivity contribution in [2.75, 3.05) is 6.54 Å². The Morgan fingerprint density at radius 1 is 1.12 bits per heavy atom. The van der Waals surface area contributed by atoms with Gasteiger partial charge in [0.25, 0.3) is 5.91 Å². The summed E-state index contributed by atoms with van der Waals surface area (Å²) >= 11 is 1.64. The van der Waals surface area contributed by atoms with E-state index in [2.05, 4.69) is 49.9 Å². The minimum atomic E-state index is -0.309. The minimum absolute atomic E-state index is 0.140. The first-order valence-electron chi connectivity index (χ1n) is 14.1. The number of nitriles is 1. The highest BCUT2D eigenvalue weighted by molar-refractivity contribution is 8.00. The Morgan fingerprint density at radius 3 is 2.45 bits per heavy atom. The van der Waals surface area contributed by atoms with Crippen molar-refractivity contribution in [3.63, 3.8) is 0 Å². The number of likely N-dealkylation sites (tertiary alicyclic amines) is 1. The van der Waals surface area contributed by atoms with Crippen molar-refractivity contribution in [3.05, 3.63) is 95.4 Å². The summed E-state index contributed by atoms with van der Waals surface area (Å²) < 4.78 is 5.89. The Balaban J connectivity index is 0.000000507. The number of amides is 1. The van der Waals surface area contributed by atoms with Crippen molar-refractivity contribution < 1.29 is 9.21 Å². The zero-order chi connectivity index (χ0) is 30.2. The Morgan fingerprint density at radius 2 is 1.86 bits per heavy atom. The van der Waals surface area contributed by atoms with Gasteiger partial charge in [0, 0.05) is 33.4 Å². The highest BCUT2D eigenvalue weighted by atomic mass is 32.2. The second kappa shape index (κ2) is 14.0. The van der Waals surface area contributed by atoms with Crippen LogP contribution in [0.15, 0.2) is 82.2 Å². The molecule has 0 aliphatic carbocycles. The van der Waals surface area contributed by atoms with Crippen LogP contribution in [0.4, 0.5) is 0 Å². The van der Waals surface area contributed by atoms with Crippen molar-refractivity contribution in [1.82, 2.24) is 9.88 Å². The number of nitrogens with zero attached hydrogens (tertiary/aromatic N) is 3. The SMILES string of the molecule is C#CC1CCCN1C(=O)c1cc(-c2ncc(C(C)N)o2)cc(-c2cccc(SC(C)C)c2C#N)c1.Cc1ccccc1. The van der Waals surface area contributed by atoms with E-state index in [1.807, 2.05) is 55.5 Å². The molecule has 1 amide bonds. The molecule has 42 heavy (non-hydrogen) atoms. The third kappa shape index (κ3) is 7.31. The van der Waals surface area contributed by atoms with E-state index < -0.39 is 0 Å². The molecule has 214 valence electrons. The van der Waals surface area contributed by atoms with Gasteiger partial charge in [0.05, 0.1) is 23.8 Å². The predicted octanol–water partition coefficient (Wildman–Crippen LogP) is 7.63. The Labute approximate surface area is 253 Å². The predicted molar refractivity (Wildman–Crippen MR) is 170 cm³/mol. The van der Waals surface area contributed by atoms with Crippen LogP contribution in [0.2, 0.25) is 0 Å². The van der Waals surface area contributed by atoms with Crippen LogP contribution in [0.3, 0.4) is 0 Å². The number of hydrogen-bond donors (Lipinski definition) is 1. The molecular weight excluding hydrogens is 540 g/mol. The van der Waals surface area contributed by atoms with E-state index >= 15 is 0 Å². The number of benzene rings is 3. The van der Waals surface area contributed by atoms with Crippen molar-refractivity contribution in [2.45, 2.75) is 62.8 Å². The molecule has 7 heteroatoms. The Hall–Kier alpha value is -4.30. The van der Waals surface area contributed by atoms with Crippen LogP contribution < -0.4 is 5.73 Å². The third-order valence-electron chi connectivity index (χ3n) is 6.86. The average Bonchev–Trinajstić information content (AvgIpc) is 3.67. The molecule has 0 saturated carbocycles. The number of carbonyl (C=O) groups excluding carboxylic acids is 1. The molecule has 1 saturated heterocycles. The van der Waals surface area contributed by atoms with E-state index in [1.165, 1.54) is 5.56 Å². The maximum absolute atomic E-state index is 13.6. The normalized spacial score (nSPS) is 15.0. The molecule has 0 radical (unpaired) electrons. The lowest BCUT2D eigenvalue weighted by molar-refractivity contribution is 0.0766. The molecule has 2 atom stereocenters. The summed E-state index contributed by atoms with van der Waals surface area (Å²) in [5.41, 5.74) is 10.5. The monoisotopic (exact) mass is 576 g/mol. The Bertz CT molecular complexity index is 1610. The van der Waals surface area contributed by atoms with Crippen LogP contribution in [-0.2, 0) is 0 Å². The van der Waals surface area contributed by atoms with Crippen LogP contribution in [0, 0.1) is 30.6 Å². The fourth-order valence-electron chi connectivity index (χ4n) is 4.78. The van der Waals surface area contributed by atoms with Crippen molar-refractivity contribution in [1.29, 1.82) is 5.26 Å². The molecule has 1 aliphatic rings. The van der Waals surface area contributed by atoms with E-state index in [0.717, 1.165) is 28.9 Å². The van der Waals surface area contributed by atoms with Crippen molar-refractivity contribution >= 4 is 17.7 Å². The van der Waals surface area contributed by atoms with Gasteiger partial charge < -0.3 is 15.1 Å². The second-order valence-corrected chi connectivity index (χ2v) is 12.2. The first-order valence-corrected chi connectivity index (χ1v) is 15.0. The minimum Gasteiger partial charge on any atom is -0.440 e. The fourth-order valence-corrected chi connectivity index (χ4v) is 5.72. The molecule has 1 aliphatic heterocycles. The number of rotatable bonds is 6. The summed E-state index contributed by atoms with van der Waals surface area (Å²) in [5.74, 6) is 3.52. The maximum atomic E-state index is 13.6. The number of thioether (sulfide) groups is 1. The van der Waals surface area contributed by atoms with E-state index in [9.17, 15) is 10.1 Å². The van der Waals surface area contributed by atoms with E-state index in [1.54, 1.807) is 28.9 Å². The lowest BCUT2D eigenvalue weighted by Gasteiger charge is -2.21. The number of aryl methyl sites for hydroxylation is 1. The first-order chi connectivity index (χ1) is 20.2. The molecule has 2 heterocycles. The molecule has 1 aromatic heterocycles. The fraction of sp³-hybridized carbons (Fsp3) is 0.286. The molecular formula is C35H36N4O2S. The van der Waals surface area contributed by atoms with E-state index in [0.29, 0.717) is 40.1 Å². The summed E-state index contributed by atoms with van der Waals surface area (Å²) in [6.45, 7) is 8.70. The lowest BCUT2D eigenvalue weighted by Crippen LogP contribution is -2.34. The van der Waals surface area contributed by atoms with Gasteiger partial charge in [0.2, 0.25) is 5.89 Å². The zero-order valence-electron chi connectivity index (χ0n) is 24.5. The second-order valence-electron chi connectivity index (χ2n) is 10.6. The lowest BCUT2D eigenvalue weighted by atomic mass is 9.95. The van der Waals surface area contributed by atoms with Gasteiger partial charge >= 0.3 is 0 Å². The highest BCUT2D eigenvalue weighted by Gasteiger charge is 2.29. The van der Waals surface area contributed by atoms with E-state index in [-0.39, 0.29) is 18.0 Å². The van der Waals surface area contributed by atoms with Crippen LogP contribution in [-0.4, -0.2) is 33.6 Å². The number of carbonyl (C=O) groups is 1. The quantitative estimate of drug-likeness (QED) is 0.187. The summed E-state index contributed by atoms with van der Waals surface area (Å²) in [5, 5.41) is 10.4. The van der Waals surface area contributed by atoms with Crippen LogP contribution in [0.5, 0.6) is 0 Å². The highest BCUT2D eigenvalue weighted by Crippen LogP contribution is 2.36. The number of oxazole rings is 1. The molecule has 6 nitrogen and oxygen atoms in total. The summed E-state index contributed by atoms with van der Waals surface area (Å²) in [6.07, 6.45) is 8.95. The summed E-state index contributed by atoms with van der Waals surface area (Å²) in [7, 11) is 0. The van der Waals surface area contributed by atoms with Crippen molar-refractivity contribution in [3.8, 4) is 41.0 Å². The van der Waals surface area contributed by atoms with Gasteiger partial charge in [-0.05, 0) is 56.5 Å². The summed E-state index contributed by atoms with van der Waals surface area (Å²) in [4.78, 5) is 20.6. The molecule has 3 aromatic carbocycles. The van der Waals surface area contributed by atoms with Gasteiger partial charge in [-0.1, -0.05) is 67.8 Å². The molecule has 0 spiro atoms. The number of nitrogens with two attached hydrogens (primary N) is 1. The van der Waals surface area contributed by atoms with E-state index in [4.69, 9.17) is 16.6 Å². The molecule has 0 bridgehead atoms. The van der Waals surface area contributed by atoms with Crippen LogP contribution >= 0.6 is 11.8 Å². The van der Waals surface area contributed by atoms with Gasteiger partial charge in [-0.25, -0.2) is 4.98 Å².